The molecule has 0 N–H and O–H groups in total. The number of esters is 2. The maximum Gasteiger partial charge on any atom is 0.304 e. The first-order valence-electron chi connectivity index (χ1n) is 11.1. The van der Waals surface area contributed by atoms with E-state index >= 15 is 0 Å². The van der Waals surface area contributed by atoms with Gasteiger partial charge in [0.2, 0.25) is 26.8 Å². The lowest BCUT2D eigenvalue weighted by Gasteiger charge is -2.23. The van der Waals surface area contributed by atoms with Gasteiger partial charge in [0.1, 0.15) is 39.3 Å². The molecule has 0 aromatic heterocycles. The summed E-state index contributed by atoms with van der Waals surface area (Å²) in [4.78, 5) is 89.4. The third kappa shape index (κ3) is 14.3. The topological polar surface area (TPSA) is 331 Å². The van der Waals surface area contributed by atoms with Crippen molar-refractivity contribution >= 4 is 11.9 Å². The zero-order chi connectivity index (χ0) is 32.6. The minimum Gasteiger partial charge on any atom is -0.439 e. The predicted octanol–water partition coefficient (Wildman–Crippen LogP) is -3.10. The van der Waals surface area contributed by atoms with Crippen molar-refractivity contribution in [2.24, 2.45) is 0 Å². The van der Waals surface area contributed by atoms with E-state index in [2.05, 4.69) is 9.47 Å². The molecule has 0 saturated carbocycles. The van der Waals surface area contributed by atoms with Gasteiger partial charge in [-0.3, -0.25) is 9.59 Å². The molecule has 0 aliphatic rings. The van der Waals surface area contributed by atoms with Gasteiger partial charge in [0.25, 0.3) is 0 Å². The molecular formula is C14H26N12O16. The Morgan fingerprint density at radius 2 is 0.643 bits per heavy atom. The van der Waals surface area contributed by atoms with E-state index in [0.29, 0.717) is 0 Å². The van der Waals surface area contributed by atoms with E-state index in [1.807, 2.05) is 0 Å². The van der Waals surface area contributed by atoms with Crippen LogP contribution in [0.4, 0.5) is 0 Å². The van der Waals surface area contributed by atoms with Crippen LogP contribution in [0.5, 0.6) is 0 Å². The number of nitro groups is 6. The lowest BCUT2D eigenvalue weighted by atomic mass is 10.5. The minimum atomic E-state index is -1.17. The molecule has 0 aromatic carbocycles. The Bertz CT molecular complexity index is 937. The average Bonchev–Trinajstić information content (AvgIpc) is 2.85. The van der Waals surface area contributed by atoms with Crippen molar-refractivity contribution in [3.63, 3.8) is 0 Å². The highest BCUT2D eigenvalue weighted by Crippen LogP contribution is 2.03. The molecule has 0 atom stereocenters. The average molecular weight is 618 g/mol. The van der Waals surface area contributed by atoms with Gasteiger partial charge in [-0.25, -0.2) is 60.7 Å². The summed E-state index contributed by atoms with van der Waals surface area (Å²) in [7, 11) is 0. The van der Waals surface area contributed by atoms with Gasteiger partial charge < -0.3 is 9.47 Å². The summed E-state index contributed by atoms with van der Waals surface area (Å²) < 4.78 is 8.88. The minimum absolute atomic E-state index is 0.117. The molecule has 0 aromatic rings. The Labute approximate surface area is 232 Å². The molecule has 0 bridgehead atoms. The zero-order valence-electron chi connectivity index (χ0n) is 22.0. The highest BCUT2D eigenvalue weighted by molar-refractivity contribution is 5.66. The van der Waals surface area contributed by atoms with Crippen LogP contribution in [-0.2, 0) is 19.1 Å². The highest BCUT2D eigenvalue weighted by atomic mass is 16.7. The Hall–Kier alpha value is -5.86. The molecule has 28 nitrogen and oxygen atoms in total. The van der Waals surface area contributed by atoms with Crippen LogP contribution in [-0.4, -0.2) is 138 Å². The maximum atomic E-state index is 11.4. The second-order valence-electron chi connectivity index (χ2n) is 7.62. The quantitative estimate of drug-likeness (QED) is 0.0473. The van der Waals surface area contributed by atoms with Gasteiger partial charge in [-0.1, -0.05) is 10.0 Å². The summed E-state index contributed by atoms with van der Waals surface area (Å²) >= 11 is 0. The Balaban J connectivity index is 5.43. The molecule has 0 heterocycles. The Morgan fingerprint density at radius 1 is 0.452 bits per heavy atom. The molecule has 0 saturated heterocycles. The van der Waals surface area contributed by atoms with E-state index in [0.717, 1.165) is 13.8 Å². The van der Waals surface area contributed by atoms with Crippen LogP contribution in [0.15, 0.2) is 0 Å². The lowest BCUT2D eigenvalue weighted by Crippen LogP contribution is -2.52. The molecular weight excluding hydrogens is 592 g/mol. The van der Waals surface area contributed by atoms with E-state index < -0.39 is 108 Å². The fourth-order valence-corrected chi connectivity index (χ4v) is 2.60. The molecule has 238 valence electrons. The normalized spacial score (nSPS) is 10.0. The van der Waals surface area contributed by atoms with Crippen LogP contribution in [0.2, 0.25) is 0 Å². The number of rotatable bonds is 23. The van der Waals surface area contributed by atoms with E-state index in [-0.39, 0.29) is 30.1 Å². The fourth-order valence-electron chi connectivity index (χ4n) is 2.60. The summed E-state index contributed by atoms with van der Waals surface area (Å²) in [5.41, 5.74) is 0. The largest absolute Gasteiger partial charge is 0.439 e. The van der Waals surface area contributed by atoms with E-state index in [1.165, 1.54) is 0 Å². The van der Waals surface area contributed by atoms with Crippen molar-refractivity contribution in [3.05, 3.63) is 60.7 Å². The van der Waals surface area contributed by atoms with Gasteiger partial charge in [0.05, 0.1) is 0 Å². The molecule has 42 heavy (non-hydrogen) atoms. The summed E-state index contributed by atoms with van der Waals surface area (Å²) in [5, 5.41) is 62.0. The summed E-state index contributed by atoms with van der Waals surface area (Å²) in [6.07, 6.45) is 0. The van der Waals surface area contributed by atoms with Gasteiger partial charge in [0.15, 0.2) is 30.2 Å². The molecule has 0 radical (unpaired) electrons. The molecule has 0 amide bonds. The summed E-state index contributed by atoms with van der Waals surface area (Å²) in [6, 6.07) is 0. The molecule has 0 unspecified atom stereocenters. The summed E-state index contributed by atoms with van der Waals surface area (Å²) in [5.74, 6) is -1.79. The number of carbonyl (C=O) groups is 2. The number of hydrazine groups is 6. The fraction of sp³-hybridized carbons (Fsp3) is 0.857. The van der Waals surface area contributed by atoms with Crippen molar-refractivity contribution in [2.75, 3.05) is 66.1 Å². The molecule has 0 aliphatic heterocycles. The monoisotopic (exact) mass is 618 g/mol. The molecule has 28 heteroatoms. The third-order valence-corrected chi connectivity index (χ3v) is 4.72. The molecule has 0 rings (SSSR count). The highest BCUT2D eigenvalue weighted by Gasteiger charge is 2.32. The number of nitrogens with zero attached hydrogens (tertiary/aromatic N) is 12. The van der Waals surface area contributed by atoms with Crippen molar-refractivity contribution < 1.29 is 49.3 Å². The van der Waals surface area contributed by atoms with Crippen LogP contribution < -0.4 is 0 Å². The van der Waals surface area contributed by atoms with Crippen LogP contribution in [0.1, 0.15) is 13.8 Å². The second-order valence-corrected chi connectivity index (χ2v) is 7.62. The van der Waals surface area contributed by atoms with Gasteiger partial charge in [0, 0.05) is 13.8 Å². The third-order valence-electron chi connectivity index (χ3n) is 4.72. The van der Waals surface area contributed by atoms with Crippen molar-refractivity contribution in [1.82, 2.24) is 30.1 Å². The predicted molar refractivity (Wildman–Crippen MR) is 125 cm³/mol. The SMILES string of the molecule is CC(=O)OCN(CCN(CN(CCN(CN(CCN(COC(C)=O)[N+](=O)[O-])[N+](=O)[O-])[N+](=O)[O-])[N+](=O)[O-])[N+](=O)[O-])[N+](=O)[O-]. The first kappa shape index (κ1) is 36.1. The Morgan fingerprint density at radius 3 is 0.810 bits per heavy atom. The second kappa shape index (κ2) is 17.7. The molecule has 0 fully saturated rings. The van der Waals surface area contributed by atoms with Gasteiger partial charge in [-0.2, -0.15) is 0 Å². The van der Waals surface area contributed by atoms with E-state index in [1.54, 1.807) is 0 Å². The standard InChI is InChI=1S/C14H26N12O16/c1-13(27)41-11-19(25(37)38)7-5-17(23(33)34)9-15(21(29)30)3-4-16(22(31)32)10-18(24(35)36)6-8-20(26(39)40)12-42-14(2)28/h3-12H2,1-2H3. The van der Waals surface area contributed by atoms with Crippen molar-refractivity contribution in [2.45, 2.75) is 13.8 Å². The van der Waals surface area contributed by atoms with Gasteiger partial charge in [-0.15, -0.1) is 20.0 Å². The van der Waals surface area contributed by atoms with Crippen molar-refractivity contribution in [1.29, 1.82) is 0 Å². The van der Waals surface area contributed by atoms with Gasteiger partial charge in [-0.05, 0) is 0 Å². The van der Waals surface area contributed by atoms with Crippen molar-refractivity contribution in [3.8, 4) is 0 Å². The number of carbonyl (C=O) groups excluding carboxylic acids is 2. The lowest BCUT2D eigenvalue weighted by molar-refractivity contribution is -0.725. The first-order chi connectivity index (χ1) is 19.5. The Kier molecular flexibility index (Phi) is 15.2. The van der Waals surface area contributed by atoms with E-state index in [4.69, 9.17) is 0 Å². The smallest absolute Gasteiger partial charge is 0.304 e. The number of hydrogen-bond acceptors (Lipinski definition) is 16. The zero-order valence-corrected chi connectivity index (χ0v) is 22.0. The van der Waals surface area contributed by atoms with Crippen LogP contribution in [0.3, 0.4) is 0 Å². The van der Waals surface area contributed by atoms with Crippen LogP contribution in [0, 0.1) is 60.7 Å². The molecule has 0 spiro atoms. The summed E-state index contributed by atoms with van der Waals surface area (Å²) in [6.45, 7) is -7.16. The van der Waals surface area contributed by atoms with E-state index in [9.17, 15) is 70.3 Å². The van der Waals surface area contributed by atoms with Gasteiger partial charge >= 0.3 is 11.9 Å². The van der Waals surface area contributed by atoms with Crippen LogP contribution in [0.25, 0.3) is 0 Å². The first-order valence-corrected chi connectivity index (χ1v) is 11.1. The van der Waals surface area contributed by atoms with Crippen LogP contribution >= 0.6 is 0 Å². The number of hydrogen-bond donors (Lipinski definition) is 0. The maximum absolute atomic E-state index is 11.4. The number of ether oxygens (including phenoxy) is 2. The molecule has 0 aliphatic carbocycles.